The first kappa shape index (κ1) is 23.4. The minimum Gasteiger partial charge on any atom is -0.278 e. The molecule has 0 saturated heterocycles. The fraction of sp³-hybridized carbons (Fsp3) is 0.0769. The molecule has 0 bridgehead atoms. The molecule has 2 aromatic heterocycles. The lowest BCUT2D eigenvalue weighted by Gasteiger charge is -2.35. The van der Waals surface area contributed by atoms with Gasteiger partial charge < -0.3 is 0 Å². The Morgan fingerprint density at radius 1 is 0.548 bits per heavy atom. The van der Waals surface area contributed by atoms with Gasteiger partial charge >= 0.3 is 0 Å². The molecule has 42 heavy (non-hydrogen) atoms. The first-order valence-electron chi connectivity index (χ1n) is 14.5. The SMILES string of the molecule is CC1(C)c2cc3c(cc2-c2cccc4cccc1c24)c1ccccc1n3-c1nc(-c2ccccc2)c2ccccc2n1. The maximum atomic E-state index is 5.28. The van der Waals surface area contributed by atoms with Crippen LogP contribution in [-0.2, 0) is 5.41 Å². The van der Waals surface area contributed by atoms with Crippen LogP contribution in [0.25, 0.3) is 71.8 Å². The average Bonchev–Trinajstić information content (AvgIpc) is 3.36. The molecule has 1 aliphatic carbocycles. The molecule has 0 spiro atoms. The maximum Gasteiger partial charge on any atom is 0.235 e. The highest BCUT2D eigenvalue weighted by Crippen LogP contribution is 2.50. The summed E-state index contributed by atoms with van der Waals surface area (Å²) in [6.07, 6.45) is 0. The van der Waals surface area contributed by atoms with E-state index in [1.165, 1.54) is 43.8 Å². The van der Waals surface area contributed by atoms with Gasteiger partial charge in [0.15, 0.2) is 0 Å². The van der Waals surface area contributed by atoms with Crippen molar-refractivity contribution in [1.29, 1.82) is 0 Å². The zero-order valence-corrected chi connectivity index (χ0v) is 23.5. The van der Waals surface area contributed by atoms with Crippen molar-refractivity contribution in [3.05, 3.63) is 139 Å². The molecule has 0 N–H and O–H groups in total. The fourth-order valence-electron chi connectivity index (χ4n) is 7.18. The van der Waals surface area contributed by atoms with Gasteiger partial charge in [-0.3, -0.25) is 4.57 Å². The van der Waals surface area contributed by atoms with Gasteiger partial charge in [-0.05, 0) is 57.3 Å². The Balaban J connectivity index is 1.41. The number of fused-ring (bicyclic) bond motifs is 6. The smallest absolute Gasteiger partial charge is 0.235 e. The van der Waals surface area contributed by atoms with Crippen LogP contribution in [0.1, 0.15) is 25.0 Å². The lowest BCUT2D eigenvalue weighted by Crippen LogP contribution is -2.23. The van der Waals surface area contributed by atoms with Gasteiger partial charge in [-0.25, -0.2) is 9.97 Å². The summed E-state index contributed by atoms with van der Waals surface area (Å²) in [7, 11) is 0. The molecule has 1 aliphatic rings. The van der Waals surface area contributed by atoms with E-state index in [-0.39, 0.29) is 5.41 Å². The molecule has 0 amide bonds. The first-order chi connectivity index (χ1) is 20.6. The average molecular weight is 538 g/mol. The lowest BCUT2D eigenvalue weighted by atomic mass is 9.68. The maximum absolute atomic E-state index is 5.28. The van der Waals surface area contributed by atoms with Gasteiger partial charge in [0.1, 0.15) is 0 Å². The van der Waals surface area contributed by atoms with E-state index in [1.54, 1.807) is 0 Å². The van der Waals surface area contributed by atoms with Crippen molar-refractivity contribution in [3.8, 4) is 28.3 Å². The summed E-state index contributed by atoms with van der Waals surface area (Å²) in [5, 5.41) is 6.14. The molecule has 0 unspecified atom stereocenters. The van der Waals surface area contributed by atoms with Crippen LogP contribution < -0.4 is 0 Å². The van der Waals surface area contributed by atoms with Gasteiger partial charge in [-0.1, -0.05) is 117 Å². The topological polar surface area (TPSA) is 30.7 Å². The van der Waals surface area contributed by atoms with Gasteiger partial charge in [0.05, 0.1) is 22.2 Å². The zero-order valence-electron chi connectivity index (χ0n) is 23.5. The molecule has 0 atom stereocenters. The Labute approximate surface area is 243 Å². The third kappa shape index (κ3) is 3.11. The van der Waals surface area contributed by atoms with Crippen molar-refractivity contribution in [3.63, 3.8) is 0 Å². The molecular weight excluding hydrogens is 510 g/mol. The number of aromatic nitrogens is 3. The number of hydrogen-bond acceptors (Lipinski definition) is 2. The molecule has 2 heterocycles. The first-order valence-corrected chi connectivity index (χ1v) is 14.5. The molecule has 0 aliphatic heterocycles. The van der Waals surface area contributed by atoms with Crippen molar-refractivity contribution < 1.29 is 0 Å². The van der Waals surface area contributed by atoms with Crippen LogP contribution in [0, 0.1) is 0 Å². The molecule has 9 rings (SSSR count). The van der Waals surface area contributed by atoms with Gasteiger partial charge in [-0.2, -0.15) is 0 Å². The molecule has 0 saturated carbocycles. The van der Waals surface area contributed by atoms with E-state index in [1.807, 2.05) is 6.07 Å². The van der Waals surface area contributed by atoms with Crippen molar-refractivity contribution in [1.82, 2.24) is 14.5 Å². The second-order valence-corrected chi connectivity index (χ2v) is 11.9. The quantitative estimate of drug-likeness (QED) is 0.220. The number of benzene rings is 6. The molecule has 0 fully saturated rings. The lowest BCUT2D eigenvalue weighted by molar-refractivity contribution is 0.646. The third-order valence-corrected chi connectivity index (χ3v) is 9.19. The molecule has 6 aromatic carbocycles. The number of para-hydroxylation sites is 2. The van der Waals surface area contributed by atoms with E-state index in [0.717, 1.165) is 33.2 Å². The minimum atomic E-state index is -0.169. The standard InChI is InChI=1S/C39H27N3/c1-39(2)31-19-11-15-24-14-10-18-27(36(24)31)29-22-30-26-16-7-9-21-34(26)42(35(30)23-32(29)39)38-40-33-20-8-6-17-28(33)37(41-38)25-12-4-3-5-13-25/h3-23H,1-2H3. The van der Waals surface area contributed by atoms with Crippen molar-refractivity contribution in [2.75, 3.05) is 0 Å². The zero-order chi connectivity index (χ0) is 28.0. The third-order valence-electron chi connectivity index (χ3n) is 9.19. The van der Waals surface area contributed by atoms with Crippen LogP contribution in [-0.4, -0.2) is 14.5 Å². The summed E-state index contributed by atoms with van der Waals surface area (Å²) >= 11 is 0. The predicted molar refractivity (Wildman–Crippen MR) is 174 cm³/mol. The summed E-state index contributed by atoms with van der Waals surface area (Å²) < 4.78 is 2.26. The summed E-state index contributed by atoms with van der Waals surface area (Å²) in [5.41, 5.74) is 10.4. The predicted octanol–water partition coefficient (Wildman–Crippen LogP) is 9.85. The number of nitrogens with zero attached hydrogens (tertiary/aromatic N) is 3. The van der Waals surface area contributed by atoms with Gasteiger partial charge in [0.25, 0.3) is 0 Å². The largest absolute Gasteiger partial charge is 0.278 e. The molecular formula is C39H27N3. The van der Waals surface area contributed by atoms with E-state index >= 15 is 0 Å². The Morgan fingerprint density at radius 2 is 1.29 bits per heavy atom. The van der Waals surface area contributed by atoms with Crippen molar-refractivity contribution in [2.24, 2.45) is 0 Å². The van der Waals surface area contributed by atoms with Gasteiger partial charge in [0.2, 0.25) is 5.95 Å². The Hall–Kier alpha value is -5.28. The molecule has 8 aromatic rings. The van der Waals surface area contributed by atoms with Crippen molar-refractivity contribution >= 4 is 43.5 Å². The van der Waals surface area contributed by atoms with Gasteiger partial charge in [-0.15, -0.1) is 0 Å². The van der Waals surface area contributed by atoms with Crippen molar-refractivity contribution in [2.45, 2.75) is 19.3 Å². The highest BCUT2D eigenvalue weighted by Gasteiger charge is 2.34. The Morgan fingerprint density at radius 3 is 2.14 bits per heavy atom. The Bertz CT molecular complexity index is 2370. The fourth-order valence-corrected chi connectivity index (χ4v) is 7.18. The van der Waals surface area contributed by atoms with E-state index in [2.05, 4.69) is 140 Å². The highest BCUT2D eigenvalue weighted by molar-refractivity contribution is 6.13. The van der Waals surface area contributed by atoms with Crippen LogP contribution in [0.15, 0.2) is 127 Å². The molecule has 0 radical (unpaired) electrons. The summed E-state index contributed by atoms with van der Waals surface area (Å²) in [6.45, 7) is 4.71. The molecule has 3 nitrogen and oxygen atoms in total. The summed E-state index contributed by atoms with van der Waals surface area (Å²) in [6, 6.07) is 45.6. The molecule has 198 valence electrons. The monoisotopic (exact) mass is 537 g/mol. The highest BCUT2D eigenvalue weighted by atomic mass is 15.2. The second kappa shape index (κ2) is 8.37. The van der Waals surface area contributed by atoms with Gasteiger partial charge in [0, 0.05) is 27.1 Å². The minimum absolute atomic E-state index is 0.169. The van der Waals surface area contributed by atoms with E-state index in [9.17, 15) is 0 Å². The number of rotatable bonds is 2. The Kier molecular flexibility index (Phi) is 4.67. The second-order valence-electron chi connectivity index (χ2n) is 11.9. The summed E-state index contributed by atoms with van der Waals surface area (Å²) in [4.78, 5) is 10.5. The van der Waals surface area contributed by atoms with Crippen LogP contribution in [0.3, 0.4) is 0 Å². The van der Waals surface area contributed by atoms with Crippen LogP contribution in [0.5, 0.6) is 0 Å². The normalized spacial score (nSPS) is 13.7. The van der Waals surface area contributed by atoms with E-state index < -0.39 is 0 Å². The number of hydrogen-bond donors (Lipinski definition) is 0. The molecule has 3 heteroatoms. The summed E-state index contributed by atoms with van der Waals surface area (Å²) in [5.74, 6) is 0.690. The van der Waals surface area contributed by atoms with E-state index in [0.29, 0.717) is 5.95 Å². The van der Waals surface area contributed by atoms with Crippen LogP contribution >= 0.6 is 0 Å². The van der Waals surface area contributed by atoms with Crippen LogP contribution in [0.2, 0.25) is 0 Å². The van der Waals surface area contributed by atoms with E-state index in [4.69, 9.17) is 9.97 Å². The van der Waals surface area contributed by atoms with Crippen LogP contribution in [0.4, 0.5) is 0 Å².